The van der Waals surface area contributed by atoms with E-state index >= 15 is 0 Å². The van der Waals surface area contributed by atoms with E-state index in [1.807, 2.05) is 49.4 Å². The molecule has 0 aliphatic carbocycles. The van der Waals surface area contributed by atoms with Crippen LogP contribution in [0.4, 0.5) is 5.95 Å². The first-order chi connectivity index (χ1) is 18.0. The van der Waals surface area contributed by atoms with Crippen LogP contribution in [0.5, 0.6) is 5.75 Å². The molecule has 0 spiro atoms. The van der Waals surface area contributed by atoms with Gasteiger partial charge in [0.25, 0.3) is 0 Å². The molecule has 2 aliphatic heterocycles. The van der Waals surface area contributed by atoms with E-state index in [2.05, 4.69) is 28.4 Å². The summed E-state index contributed by atoms with van der Waals surface area (Å²) in [5, 5.41) is 5.33. The summed E-state index contributed by atoms with van der Waals surface area (Å²) in [7, 11) is 0. The Morgan fingerprint density at radius 3 is 2.68 bits per heavy atom. The molecule has 1 saturated heterocycles. The number of nitrogens with zero attached hydrogens (tertiary/aromatic N) is 3. The average molecular weight is 513 g/mol. The minimum absolute atomic E-state index is 0.128. The summed E-state index contributed by atoms with van der Waals surface area (Å²) in [4.78, 5) is 24.7. The highest BCUT2D eigenvalue weighted by Gasteiger charge is 2.23. The van der Waals surface area contributed by atoms with Gasteiger partial charge in [0.2, 0.25) is 5.95 Å². The summed E-state index contributed by atoms with van der Waals surface area (Å²) in [6, 6.07) is 20.4. The number of carbonyl (C=O) groups is 1. The van der Waals surface area contributed by atoms with Crippen LogP contribution in [0.3, 0.4) is 0 Å². The molecule has 0 bridgehead atoms. The molecule has 3 aromatic carbocycles. The van der Waals surface area contributed by atoms with Gasteiger partial charge in [-0.15, -0.1) is 0 Å². The number of piperidine rings is 1. The van der Waals surface area contributed by atoms with Crippen LogP contribution in [0.2, 0.25) is 5.02 Å². The van der Waals surface area contributed by atoms with Crippen LogP contribution in [0, 0.1) is 6.92 Å². The predicted molar refractivity (Wildman–Crippen MR) is 148 cm³/mol. The number of ether oxygens (including phenoxy) is 1. The Morgan fingerprint density at radius 2 is 1.86 bits per heavy atom. The minimum Gasteiger partial charge on any atom is -0.492 e. The van der Waals surface area contributed by atoms with Crippen molar-refractivity contribution in [3.8, 4) is 16.9 Å². The first kappa shape index (κ1) is 23.9. The Kier molecular flexibility index (Phi) is 6.53. The summed E-state index contributed by atoms with van der Waals surface area (Å²) < 4.78 is 5.73. The van der Waals surface area contributed by atoms with Crippen molar-refractivity contribution in [2.45, 2.75) is 38.8 Å². The molecule has 0 amide bonds. The Bertz CT molecular complexity index is 1460. The zero-order valence-corrected chi connectivity index (χ0v) is 21.6. The standard InChI is InChI=1S/C30H29ClN4O2/c1-19-25-17-21(24-3-2-4-28-29(24)27(36)13-16-37-28)7-10-26(25)34-30(32-19)33-23-11-14-35(15-12-23)18-20-5-8-22(31)9-6-20/h2-10,17,23H,11-16,18H2,1H3,(H,32,33,34). The number of carbonyl (C=O) groups excluding carboxylic acids is 1. The van der Waals surface area contributed by atoms with E-state index in [0.29, 0.717) is 36.3 Å². The maximum absolute atomic E-state index is 12.6. The van der Waals surface area contributed by atoms with Gasteiger partial charge in [-0.05, 0) is 66.8 Å². The molecule has 0 unspecified atom stereocenters. The number of benzene rings is 3. The highest BCUT2D eigenvalue weighted by Crippen LogP contribution is 2.35. The van der Waals surface area contributed by atoms with Gasteiger partial charge in [-0.3, -0.25) is 9.69 Å². The lowest BCUT2D eigenvalue weighted by atomic mass is 9.93. The third-order valence-electron chi connectivity index (χ3n) is 7.33. The molecule has 3 heterocycles. The largest absolute Gasteiger partial charge is 0.492 e. The highest BCUT2D eigenvalue weighted by atomic mass is 35.5. The van der Waals surface area contributed by atoms with Crippen molar-refractivity contribution < 1.29 is 9.53 Å². The smallest absolute Gasteiger partial charge is 0.223 e. The van der Waals surface area contributed by atoms with Crippen LogP contribution >= 0.6 is 11.6 Å². The monoisotopic (exact) mass is 512 g/mol. The second kappa shape index (κ2) is 10.1. The molecule has 0 saturated carbocycles. The number of rotatable bonds is 5. The average Bonchev–Trinajstić information content (AvgIpc) is 2.91. The molecule has 0 atom stereocenters. The molecule has 4 aromatic rings. The van der Waals surface area contributed by atoms with Crippen LogP contribution in [-0.2, 0) is 6.54 Å². The third-order valence-corrected chi connectivity index (χ3v) is 7.58. The van der Waals surface area contributed by atoms with Crippen molar-refractivity contribution in [3.63, 3.8) is 0 Å². The number of fused-ring (bicyclic) bond motifs is 2. The zero-order chi connectivity index (χ0) is 25.4. The SMILES string of the molecule is Cc1nc(NC2CCN(Cc3ccc(Cl)cc3)CC2)nc2ccc(-c3cccc4c3C(=O)CCO4)cc12. The van der Waals surface area contributed by atoms with Crippen molar-refractivity contribution in [2.75, 3.05) is 25.0 Å². The van der Waals surface area contributed by atoms with E-state index in [-0.39, 0.29) is 5.78 Å². The number of likely N-dealkylation sites (tertiary alicyclic amines) is 1. The topological polar surface area (TPSA) is 67.4 Å². The lowest BCUT2D eigenvalue weighted by Crippen LogP contribution is -2.39. The van der Waals surface area contributed by atoms with E-state index in [1.54, 1.807) is 0 Å². The van der Waals surface area contributed by atoms with E-state index < -0.39 is 0 Å². The van der Waals surface area contributed by atoms with Gasteiger partial charge in [0.15, 0.2) is 5.78 Å². The van der Waals surface area contributed by atoms with Crippen LogP contribution in [-0.4, -0.2) is 46.4 Å². The van der Waals surface area contributed by atoms with Crippen molar-refractivity contribution >= 4 is 34.2 Å². The first-order valence-electron chi connectivity index (χ1n) is 12.8. The quantitative estimate of drug-likeness (QED) is 0.338. The minimum atomic E-state index is 0.128. The van der Waals surface area contributed by atoms with Gasteiger partial charge in [0.1, 0.15) is 5.75 Å². The van der Waals surface area contributed by atoms with E-state index in [0.717, 1.165) is 65.2 Å². The zero-order valence-electron chi connectivity index (χ0n) is 20.8. The van der Waals surface area contributed by atoms with Gasteiger partial charge in [-0.25, -0.2) is 9.97 Å². The van der Waals surface area contributed by atoms with Gasteiger partial charge >= 0.3 is 0 Å². The van der Waals surface area contributed by atoms with Gasteiger partial charge in [-0.1, -0.05) is 41.9 Å². The van der Waals surface area contributed by atoms with Crippen LogP contribution in [0.15, 0.2) is 60.7 Å². The summed E-state index contributed by atoms with van der Waals surface area (Å²) >= 11 is 6.01. The molecule has 7 heteroatoms. The fourth-order valence-electron chi connectivity index (χ4n) is 5.34. The number of Topliss-reactive ketones (excluding diaryl/α,β-unsaturated/α-hetero) is 1. The van der Waals surface area contributed by atoms with Crippen LogP contribution in [0.25, 0.3) is 22.0 Å². The fraction of sp³-hybridized carbons (Fsp3) is 0.300. The summed E-state index contributed by atoms with van der Waals surface area (Å²) in [6.45, 7) is 5.46. The van der Waals surface area contributed by atoms with E-state index in [1.165, 1.54) is 5.56 Å². The summed E-state index contributed by atoms with van der Waals surface area (Å²) in [5.74, 6) is 1.47. The highest BCUT2D eigenvalue weighted by molar-refractivity contribution is 6.30. The van der Waals surface area contributed by atoms with Crippen LogP contribution < -0.4 is 10.1 Å². The Hall–Kier alpha value is -3.48. The second-order valence-electron chi connectivity index (χ2n) is 9.89. The number of anilines is 1. The molecular formula is C30H29ClN4O2. The number of hydrogen-bond acceptors (Lipinski definition) is 6. The van der Waals surface area contributed by atoms with Crippen molar-refractivity contribution in [1.29, 1.82) is 0 Å². The van der Waals surface area contributed by atoms with E-state index in [9.17, 15) is 4.79 Å². The van der Waals surface area contributed by atoms with Crippen molar-refractivity contribution in [2.24, 2.45) is 0 Å². The number of nitrogens with one attached hydrogen (secondary N) is 1. The lowest BCUT2D eigenvalue weighted by Gasteiger charge is -2.32. The lowest BCUT2D eigenvalue weighted by molar-refractivity contribution is 0.0934. The van der Waals surface area contributed by atoms with Crippen molar-refractivity contribution in [1.82, 2.24) is 14.9 Å². The van der Waals surface area contributed by atoms with E-state index in [4.69, 9.17) is 26.3 Å². The molecule has 37 heavy (non-hydrogen) atoms. The molecule has 6 rings (SSSR count). The molecule has 1 aromatic heterocycles. The maximum atomic E-state index is 12.6. The van der Waals surface area contributed by atoms with Gasteiger partial charge in [0, 0.05) is 42.5 Å². The Balaban J connectivity index is 1.16. The molecular weight excluding hydrogens is 484 g/mol. The predicted octanol–water partition coefficient (Wildman–Crippen LogP) is 6.30. The number of aryl methyl sites for hydroxylation is 1. The number of halogens is 1. The molecule has 6 nitrogen and oxygen atoms in total. The number of aromatic nitrogens is 2. The molecule has 0 radical (unpaired) electrons. The molecule has 188 valence electrons. The van der Waals surface area contributed by atoms with Crippen molar-refractivity contribution in [3.05, 3.63) is 82.5 Å². The molecule has 2 aliphatic rings. The normalized spacial score (nSPS) is 16.4. The number of hydrogen-bond donors (Lipinski definition) is 1. The Labute approximate surface area is 221 Å². The first-order valence-corrected chi connectivity index (χ1v) is 13.2. The summed E-state index contributed by atoms with van der Waals surface area (Å²) in [5.41, 5.74) is 5.65. The van der Waals surface area contributed by atoms with Gasteiger partial charge < -0.3 is 10.1 Å². The van der Waals surface area contributed by atoms with Gasteiger partial charge in [-0.2, -0.15) is 0 Å². The summed E-state index contributed by atoms with van der Waals surface area (Å²) in [6.07, 6.45) is 2.50. The maximum Gasteiger partial charge on any atom is 0.223 e. The number of ketones is 1. The fourth-order valence-corrected chi connectivity index (χ4v) is 5.46. The molecule has 1 N–H and O–H groups in total. The van der Waals surface area contributed by atoms with Gasteiger partial charge in [0.05, 0.1) is 23.4 Å². The molecule has 1 fully saturated rings. The Morgan fingerprint density at radius 1 is 1.05 bits per heavy atom. The third kappa shape index (κ3) is 5.04. The van der Waals surface area contributed by atoms with Crippen LogP contribution in [0.1, 0.15) is 40.9 Å². The second-order valence-corrected chi connectivity index (χ2v) is 10.3.